The molecule has 0 amide bonds. The van der Waals surface area contributed by atoms with E-state index in [0.717, 1.165) is 5.56 Å². The van der Waals surface area contributed by atoms with Crippen molar-refractivity contribution < 1.29 is 8.42 Å². The summed E-state index contributed by atoms with van der Waals surface area (Å²) in [6.45, 7) is 1.90. The first-order valence-corrected chi connectivity index (χ1v) is 11.1. The molecule has 0 aliphatic carbocycles. The Kier molecular flexibility index (Phi) is 6.64. The molecule has 150 valence electrons. The Bertz CT molecular complexity index is 1130. The zero-order valence-electron chi connectivity index (χ0n) is 15.2. The lowest BCUT2D eigenvalue weighted by molar-refractivity contribution is 0.601. The molecule has 0 atom stereocenters. The van der Waals surface area contributed by atoms with E-state index in [-0.39, 0.29) is 4.90 Å². The maximum Gasteiger partial charge on any atom is 0.261 e. The molecule has 0 aliphatic heterocycles. The number of sulfonamides is 1. The molecule has 3 aromatic rings. The standard InChI is InChI=1S/C20H17Cl2N3O2S2/c1-13-2-9-17(10-3-13)29(26,27)25-16-7-5-15(6-8-16)23-20(28)24-19-11-4-14(21)12-18(19)22/h2-12,25H,1H3,(H2,23,24,28). The predicted molar refractivity (Wildman–Crippen MR) is 125 cm³/mol. The molecule has 0 aromatic heterocycles. The third-order valence-electron chi connectivity index (χ3n) is 3.91. The summed E-state index contributed by atoms with van der Waals surface area (Å²) in [6.07, 6.45) is 0. The first kappa shape index (κ1) is 21.4. The van der Waals surface area contributed by atoms with Crippen LogP contribution in [0.3, 0.4) is 0 Å². The summed E-state index contributed by atoms with van der Waals surface area (Å²) in [7, 11) is -3.65. The Morgan fingerprint density at radius 2 is 1.48 bits per heavy atom. The molecular formula is C20H17Cl2N3O2S2. The topological polar surface area (TPSA) is 70.2 Å². The first-order valence-electron chi connectivity index (χ1n) is 8.45. The van der Waals surface area contributed by atoms with Crippen LogP contribution in [0.2, 0.25) is 10.0 Å². The molecule has 0 saturated carbocycles. The van der Waals surface area contributed by atoms with Crippen LogP contribution in [0.25, 0.3) is 0 Å². The highest BCUT2D eigenvalue weighted by Crippen LogP contribution is 2.25. The smallest absolute Gasteiger partial charge is 0.261 e. The molecule has 3 rings (SSSR count). The average molecular weight is 466 g/mol. The summed E-state index contributed by atoms with van der Waals surface area (Å²) in [5, 5.41) is 7.31. The molecule has 29 heavy (non-hydrogen) atoms. The number of anilines is 3. The molecule has 0 heterocycles. The number of hydrogen-bond donors (Lipinski definition) is 3. The van der Waals surface area contributed by atoms with E-state index < -0.39 is 10.0 Å². The van der Waals surface area contributed by atoms with Crippen molar-refractivity contribution in [3.8, 4) is 0 Å². The van der Waals surface area contributed by atoms with E-state index >= 15 is 0 Å². The summed E-state index contributed by atoms with van der Waals surface area (Å²) in [5.74, 6) is 0. The average Bonchev–Trinajstić information content (AvgIpc) is 2.66. The molecule has 5 nitrogen and oxygen atoms in total. The number of thiocarbonyl (C=S) groups is 1. The summed E-state index contributed by atoms with van der Waals surface area (Å²) >= 11 is 17.3. The summed E-state index contributed by atoms with van der Waals surface area (Å²) in [5.41, 5.74) is 2.74. The Morgan fingerprint density at radius 3 is 2.10 bits per heavy atom. The van der Waals surface area contributed by atoms with Gasteiger partial charge in [0.15, 0.2) is 5.11 Å². The highest BCUT2D eigenvalue weighted by Gasteiger charge is 2.13. The van der Waals surface area contributed by atoms with Crippen LogP contribution in [-0.4, -0.2) is 13.5 Å². The number of aryl methyl sites for hydroxylation is 1. The number of halogens is 2. The monoisotopic (exact) mass is 465 g/mol. The van der Waals surface area contributed by atoms with Crippen LogP contribution in [0.4, 0.5) is 17.1 Å². The molecule has 3 aromatic carbocycles. The van der Waals surface area contributed by atoms with Crippen LogP contribution in [0.15, 0.2) is 71.6 Å². The second-order valence-corrected chi connectivity index (χ2v) is 9.13. The van der Waals surface area contributed by atoms with Crippen LogP contribution in [0.5, 0.6) is 0 Å². The lowest BCUT2D eigenvalue weighted by Gasteiger charge is -2.13. The van der Waals surface area contributed by atoms with Gasteiger partial charge in [0, 0.05) is 16.4 Å². The van der Waals surface area contributed by atoms with Crippen molar-refractivity contribution in [2.24, 2.45) is 0 Å². The molecular weight excluding hydrogens is 449 g/mol. The molecule has 0 unspecified atom stereocenters. The fourth-order valence-electron chi connectivity index (χ4n) is 2.43. The minimum atomic E-state index is -3.65. The van der Waals surface area contributed by atoms with Gasteiger partial charge in [0.25, 0.3) is 10.0 Å². The van der Waals surface area contributed by atoms with Crippen LogP contribution < -0.4 is 15.4 Å². The van der Waals surface area contributed by atoms with Gasteiger partial charge in [-0.2, -0.15) is 0 Å². The van der Waals surface area contributed by atoms with E-state index in [1.54, 1.807) is 66.7 Å². The molecule has 0 aliphatic rings. The Balaban J connectivity index is 1.63. The molecule has 0 radical (unpaired) electrons. The van der Waals surface area contributed by atoms with E-state index in [1.807, 2.05) is 6.92 Å². The maximum absolute atomic E-state index is 12.5. The van der Waals surface area contributed by atoms with Gasteiger partial charge in [-0.15, -0.1) is 0 Å². The van der Waals surface area contributed by atoms with Gasteiger partial charge in [-0.25, -0.2) is 8.42 Å². The van der Waals surface area contributed by atoms with Gasteiger partial charge in [0.05, 0.1) is 15.6 Å². The van der Waals surface area contributed by atoms with E-state index in [1.165, 1.54) is 0 Å². The fraction of sp³-hybridized carbons (Fsp3) is 0.0500. The van der Waals surface area contributed by atoms with Gasteiger partial charge < -0.3 is 10.6 Å². The van der Waals surface area contributed by atoms with Crippen molar-refractivity contribution >= 4 is 67.6 Å². The van der Waals surface area contributed by atoms with E-state index in [2.05, 4.69) is 15.4 Å². The molecule has 9 heteroatoms. The molecule has 0 fully saturated rings. The van der Waals surface area contributed by atoms with Crippen molar-refractivity contribution in [1.82, 2.24) is 0 Å². The van der Waals surface area contributed by atoms with Crippen LogP contribution in [-0.2, 0) is 10.0 Å². The van der Waals surface area contributed by atoms with Crippen LogP contribution >= 0.6 is 35.4 Å². The normalized spacial score (nSPS) is 11.0. The van der Waals surface area contributed by atoms with Gasteiger partial charge in [0.2, 0.25) is 0 Å². The minimum Gasteiger partial charge on any atom is -0.332 e. The quantitative estimate of drug-likeness (QED) is 0.408. The summed E-state index contributed by atoms with van der Waals surface area (Å²) in [6, 6.07) is 18.4. The van der Waals surface area contributed by atoms with Crippen molar-refractivity contribution in [2.45, 2.75) is 11.8 Å². The molecule has 0 bridgehead atoms. The Morgan fingerprint density at radius 1 is 0.862 bits per heavy atom. The van der Waals surface area contributed by atoms with E-state index in [9.17, 15) is 8.42 Å². The van der Waals surface area contributed by atoms with Gasteiger partial charge in [0.1, 0.15) is 0 Å². The highest BCUT2D eigenvalue weighted by molar-refractivity contribution is 7.92. The van der Waals surface area contributed by atoms with Gasteiger partial charge in [-0.1, -0.05) is 40.9 Å². The van der Waals surface area contributed by atoms with Crippen molar-refractivity contribution in [2.75, 3.05) is 15.4 Å². The first-order chi connectivity index (χ1) is 13.7. The number of hydrogen-bond acceptors (Lipinski definition) is 3. The molecule has 3 N–H and O–H groups in total. The largest absolute Gasteiger partial charge is 0.332 e. The van der Waals surface area contributed by atoms with Crippen molar-refractivity contribution in [3.63, 3.8) is 0 Å². The van der Waals surface area contributed by atoms with Gasteiger partial charge in [-0.05, 0) is 73.7 Å². The third-order valence-corrected chi connectivity index (χ3v) is 6.05. The van der Waals surface area contributed by atoms with Gasteiger partial charge >= 0.3 is 0 Å². The maximum atomic E-state index is 12.5. The minimum absolute atomic E-state index is 0.204. The molecule has 0 saturated heterocycles. The summed E-state index contributed by atoms with van der Waals surface area (Å²) < 4.78 is 27.5. The lowest BCUT2D eigenvalue weighted by atomic mass is 10.2. The second-order valence-electron chi connectivity index (χ2n) is 6.20. The third kappa shape index (κ3) is 5.83. The Hall–Kier alpha value is -2.32. The van der Waals surface area contributed by atoms with E-state index in [0.29, 0.717) is 32.2 Å². The summed E-state index contributed by atoms with van der Waals surface area (Å²) in [4.78, 5) is 0.204. The fourth-order valence-corrected chi connectivity index (χ4v) is 4.17. The second kappa shape index (κ2) is 9.00. The SMILES string of the molecule is Cc1ccc(S(=O)(=O)Nc2ccc(NC(=S)Nc3ccc(Cl)cc3Cl)cc2)cc1. The van der Waals surface area contributed by atoms with Crippen molar-refractivity contribution in [3.05, 3.63) is 82.3 Å². The van der Waals surface area contributed by atoms with Crippen LogP contribution in [0, 0.1) is 6.92 Å². The number of rotatable bonds is 5. The zero-order valence-corrected chi connectivity index (χ0v) is 18.4. The lowest BCUT2D eigenvalue weighted by Crippen LogP contribution is -2.19. The zero-order chi connectivity index (χ0) is 21.0. The molecule has 0 spiro atoms. The highest BCUT2D eigenvalue weighted by atomic mass is 35.5. The van der Waals surface area contributed by atoms with Gasteiger partial charge in [-0.3, -0.25) is 4.72 Å². The Labute approximate surface area is 185 Å². The number of nitrogens with one attached hydrogen (secondary N) is 3. The predicted octanol–water partition coefficient (Wildman–Crippen LogP) is 5.91. The number of benzene rings is 3. The van der Waals surface area contributed by atoms with E-state index in [4.69, 9.17) is 35.4 Å². The van der Waals surface area contributed by atoms with Crippen molar-refractivity contribution in [1.29, 1.82) is 0 Å². The van der Waals surface area contributed by atoms with Crippen LogP contribution in [0.1, 0.15) is 5.56 Å².